The molecular formula is C16H19N3O. The van der Waals surface area contributed by atoms with E-state index in [0.717, 1.165) is 23.3 Å². The zero-order valence-corrected chi connectivity index (χ0v) is 11.4. The highest BCUT2D eigenvalue weighted by Gasteiger charge is 2.42. The van der Waals surface area contributed by atoms with E-state index in [1.807, 2.05) is 30.3 Å². The summed E-state index contributed by atoms with van der Waals surface area (Å²) in [6, 6.07) is 9.59. The minimum absolute atomic E-state index is 0.323. The number of benzene rings is 1. The molecule has 104 valence electrons. The van der Waals surface area contributed by atoms with Crippen molar-refractivity contribution in [1.29, 1.82) is 0 Å². The summed E-state index contributed by atoms with van der Waals surface area (Å²) in [5, 5.41) is 8.45. The van der Waals surface area contributed by atoms with Gasteiger partial charge >= 0.3 is 0 Å². The Bertz CT molecular complexity index is 595. The minimum atomic E-state index is -0.323. The molecule has 2 bridgehead atoms. The van der Waals surface area contributed by atoms with E-state index in [0.29, 0.717) is 11.8 Å². The summed E-state index contributed by atoms with van der Waals surface area (Å²) in [6.45, 7) is 0. The fraction of sp³-hybridized carbons (Fsp3) is 0.500. The molecule has 2 aliphatic carbocycles. The van der Waals surface area contributed by atoms with Crippen molar-refractivity contribution in [2.45, 2.75) is 37.6 Å². The molecule has 1 aromatic carbocycles. The van der Waals surface area contributed by atoms with Crippen LogP contribution < -0.4 is 5.73 Å². The molecule has 4 unspecified atom stereocenters. The van der Waals surface area contributed by atoms with Crippen molar-refractivity contribution < 1.29 is 4.42 Å². The van der Waals surface area contributed by atoms with Gasteiger partial charge in [-0.25, -0.2) is 0 Å². The van der Waals surface area contributed by atoms with Crippen LogP contribution in [-0.4, -0.2) is 10.2 Å². The van der Waals surface area contributed by atoms with Gasteiger partial charge in [0.2, 0.25) is 11.8 Å². The van der Waals surface area contributed by atoms with Gasteiger partial charge in [-0.05, 0) is 36.7 Å². The number of hydrogen-bond acceptors (Lipinski definition) is 4. The van der Waals surface area contributed by atoms with Crippen molar-refractivity contribution in [2.24, 2.45) is 17.6 Å². The lowest BCUT2D eigenvalue weighted by atomic mass is 9.89. The normalized spacial score (nSPS) is 29.8. The predicted molar refractivity (Wildman–Crippen MR) is 75.0 cm³/mol. The van der Waals surface area contributed by atoms with Crippen LogP contribution in [0.1, 0.15) is 55.0 Å². The number of rotatable bonds is 3. The second-order valence-corrected chi connectivity index (χ2v) is 6.15. The van der Waals surface area contributed by atoms with Gasteiger partial charge in [-0.15, -0.1) is 10.2 Å². The van der Waals surface area contributed by atoms with E-state index in [4.69, 9.17) is 10.2 Å². The van der Waals surface area contributed by atoms with E-state index in [9.17, 15) is 0 Å². The first-order chi connectivity index (χ1) is 9.81. The third-order valence-electron chi connectivity index (χ3n) is 4.94. The predicted octanol–water partition coefficient (Wildman–Crippen LogP) is 3.02. The highest BCUT2D eigenvalue weighted by molar-refractivity contribution is 5.23. The Labute approximate surface area is 118 Å². The van der Waals surface area contributed by atoms with Gasteiger partial charge in [0.15, 0.2) is 0 Å². The van der Waals surface area contributed by atoms with E-state index >= 15 is 0 Å². The molecule has 1 aromatic heterocycles. The number of fused-ring (bicyclic) bond motifs is 2. The first-order valence-corrected chi connectivity index (χ1v) is 7.45. The molecule has 0 saturated heterocycles. The molecule has 2 aromatic rings. The lowest BCUT2D eigenvalue weighted by Gasteiger charge is -2.17. The summed E-state index contributed by atoms with van der Waals surface area (Å²) in [5.74, 6) is 3.44. The monoisotopic (exact) mass is 269 g/mol. The molecule has 0 aliphatic heterocycles. The summed E-state index contributed by atoms with van der Waals surface area (Å²) >= 11 is 0. The minimum Gasteiger partial charge on any atom is -0.423 e. The Morgan fingerprint density at radius 2 is 1.95 bits per heavy atom. The third-order valence-corrected chi connectivity index (χ3v) is 4.94. The SMILES string of the molecule is NC(c1ccccc1)c1nnc(C2CC3CCC2C3)o1. The average Bonchev–Trinajstić information content (AvgIpc) is 3.23. The van der Waals surface area contributed by atoms with Gasteiger partial charge in [0.05, 0.1) is 0 Å². The Morgan fingerprint density at radius 3 is 2.65 bits per heavy atom. The maximum atomic E-state index is 6.21. The Hall–Kier alpha value is -1.68. The van der Waals surface area contributed by atoms with Gasteiger partial charge in [0.25, 0.3) is 0 Å². The van der Waals surface area contributed by atoms with Crippen LogP contribution in [0.5, 0.6) is 0 Å². The molecule has 4 atom stereocenters. The fourth-order valence-electron chi connectivity index (χ4n) is 3.87. The molecule has 4 nitrogen and oxygen atoms in total. The Morgan fingerprint density at radius 1 is 1.10 bits per heavy atom. The van der Waals surface area contributed by atoms with Crippen LogP contribution in [0.4, 0.5) is 0 Å². The molecule has 4 heteroatoms. The van der Waals surface area contributed by atoms with E-state index in [-0.39, 0.29) is 6.04 Å². The van der Waals surface area contributed by atoms with Gasteiger partial charge < -0.3 is 10.2 Å². The van der Waals surface area contributed by atoms with Crippen LogP contribution in [0.25, 0.3) is 0 Å². The van der Waals surface area contributed by atoms with Crippen molar-refractivity contribution in [1.82, 2.24) is 10.2 Å². The highest BCUT2D eigenvalue weighted by atomic mass is 16.4. The summed E-state index contributed by atoms with van der Waals surface area (Å²) in [4.78, 5) is 0. The second kappa shape index (κ2) is 4.70. The summed E-state index contributed by atoms with van der Waals surface area (Å²) < 4.78 is 5.89. The smallest absolute Gasteiger partial charge is 0.237 e. The van der Waals surface area contributed by atoms with Crippen LogP contribution in [-0.2, 0) is 0 Å². The summed E-state index contributed by atoms with van der Waals surface area (Å²) in [7, 11) is 0. The number of aromatic nitrogens is 2. The number of nitrogens with zero attached hydrogens (tertiary/aromatic N) is 2. The van der Waals surface area contributed by atoms with Crippen molar-refractivity contribution in [3.8, 4) is 0 Å². The largest absolute Gasteiger partial charge is 0.423 e. The van der Waals surface area contributed by atoms with E-state index in [1.54, 1.807) is 0 Å². The molecule has 1 heterocycles. The maximum absolute atomic E-state index is 6.21. The van der Waals surface area contributed by atoms with Crippen molar-refractivity contribution in [3.63, 3.8) is 0 Å². The first kappa shape index (κ1) is 12.1. The molecule has 0 spiro atoms. The van der Waals surface area contributed by atoms with Gasteiger partial charge in [0, 0.05) is 5.92 Å². The first-order valence-electron chi connectivity index (χ1n) is 7.45. The molecule has 2 N–H and O–H groups in total. The average molecular weight is 269 g/mol. The van der Waals surface area contributed by atoms with Gasteiger partial charge in [-0.3, -0.25) is 0 Å². The quantitative estimate of drug-likeness (QED) is 0.930. The lowest BCUT2D eigenvalue weighted by Crippen LogP contribution is -2.12. The van der Waals surface area contributed by atoms with E-state index < -0.39 is 0 Å². The molecule has 0 amide bonds. The van der Waals surface area contributed by atoms with Crippen LogP contribution in [0.15, 0.2) is 34.7 Å². The molecule has 2 fully saturated rings. The molecule has 2 saturated carbocycles. The lowest BCUT2D eigenvalue weighted by molar-refractivity contribution is 0.332. The van der Waals surface area contributed by atoms with Crippen molar-refractivity contribution in [2.75, 3.05) is 0 Å². The van der Waals surface area contributed by atoms with Crippen LogP contribution >= 0.6 is 0 Å². The molecule has 4 rings (SSSR count). The van der Waals surface area contributed by atoms with Gasteiger partial charge in [-0.1, -0.05) is 36.8 Å². The fourth-order valence-corrected chi connectivity index (χ4v) is 3.87. The van der Waals surface area contributed by atoms with Crippen LogP contribution in [0.3, 0.4) is 0 Å². The number of hydrogen-bond donors (Lipinski definition) is 1. The molecule has 0 radical (unpaired) electrons. The standard InChI is InChI=1S/C16H19N3O/c17-14(11-4-2-1-3-5-11)16-19-18-15(20-16)13-9-10-6-7-12(13)8-10/h1-5,10,12-14H,6-9,17H2. The van der Waals surface area contributed by atoms with Crippen molar-refractivity contribution >= 4 is 0 Å². The summed E-state index contributed by atoms with van der Waals surface area (Å²) in [6.07, 6.45) is 5.25. The molecule has 2 aliphatic rings. The topological polar surface area (TPSA) is 64.9 Å². The third kappa shape index (κ3) is 1.95. The molecular weight excluding hydrogens is 250 g/mol. The zero-order chi connectivity index (χ0) is 13.5. The van der Waals surface area contributed by atoms with E-state index in [1.165, 1.54) is 25.7 Å². The van der Waals surface area contributed by atoms with Gasteiger partial charge in [-0.2, -0.15) is 0 Å². The van der Waals surface area contributed by atoms with E-state index in [2.05, 4.69) is 10.2 Å². The molecule has 20 heavy (non-hydrogen) atoms. The van der Waals surface area contributed by atoms with Crippen LogP contribution in [0, 0.1) is 11.8 Å². The van der Waals surface area contributed by atoms with Crippen molar-refractivity contribution in [3.05, 3.63) is 47.7 Å². The zero-order valence-electron chi connectivity index (χ0n) is 11.4. The Balaban J connectivity index is 1.56. The second-order valence-electron chi connectivity index (χ2n) is 6.15. The Kier molecular flexibility index (Phi) is 2.84. The van der Waals surface area contributed by atoms with Gasteiger partial charge in [0.1, 0.15) is 6.04 Å². The van der Waals surface area contributed by atoms with Crippen LogP contribution in [0.2, 0.25) is 0 Å². The highest BCUT2D eigenvalue weighted by Crippen LogP contribution is 2.52. The maximum Gasteiger partial charge on any atom is 0.237 e. The summed E-state index contributed by atoms with van der Waals surface area (Å²) in [5.41, 5.74) is 7.22. The number of nitrogens with two attached hydrogens (primary N) is 1.